The van der Waals surface area contributed by atoms with Crippen LogP contribution in [0, 0.1) is 0 Å². The second-order valence-corrected chi connectivity index (χ2v) is 4.89. The zero-order chi connectivity index (χ0) is 10.8. The van der Waals surface area contributed by atoms with E-state index in [1.165, 1.54) is 30.6 Å². The zero-order valence-electron chi connectivity index (χ0n) is 9.48. The number of thioether (sulfide) groups is 1. The highest BCUT2D eigenvalue weighted by atomic mass is 35.5. The number of unbranched alkanes of at least 4 members (excludes halogenated alkanes) is 3. The van der Waals surface area contributed by atoms with Gasteiger partial charge in [0.25, 0.3) is 0 Å². The molecule has 0 bridgehead atoms. The Labute approximate surface area is 97.8 Å². The molecule has 14 heavy (non-hydrogen) atoms. The molecule has 2 heteroatoms. The number of halogens is 1. The molecule has 0 aliphatic rings. The molecule has 0 aromatic rings. The molecular weight excluding hydrogens is 212 g/mol. The van der Waals surface area contributed by atoms with Crippen molar-refractivity contribution in [3.8, 4) is 0 Å². The van der Waals surface area contributed by atoms with E-state index in [0.717, 1.165) is 11.5 Å². The Balaban J connectivity index is 3.81. The van der Waals surface area contributed by atoms with Gasteiger partial charge in [0.1, 0.15) is 0 Å². The monoisotopic (exact) mass is 232 g/mol. The highest BCUT2D eigenvalue weighted by Crippen LogP contribution is 2.19. The van der Waals surface area contributed by atoms with Crippen molar-refractivity contribution in [1.82, 2.24) is 0 Å². The Morgan fingerprint density at radius 2 is 2.00 bits per heavy atom. The summed E-state index contributed by atoms with van der Waals surface area (Å²) in [6, 6.07) is 0. The van der Waals surface area contributed by atoms with Gasteiger partial charge in [-0.1, -0.05) is 43.5 Å². The molecule has 0 N–H and O–H groups in total. The van der Waals surface area contributed by atoms with Crippen LogP contribution in [-0.4, -0.2) is 6.26 Å². The molecule has 0 aromatic carbocycles. The SMILES string of the molecule is CCCCC/C=C(/C/C=C(/C)Cl)SC. The Hall–Kier alpha value is 0.120. The molecule has 82 valence electrons. The third-order valence-corrected chi connectivity index (χ3v) is 3.04. The molecule has 0 saturated heterocycles. The van der Waals surface area contributed by atoms with Crippen molar-refractivity contribution in [2.24, 2.45) is 0 Å². The normalized spacial score (nSPS) is 13.4. The second kappa shape index (κ2) is 9.67. The summed E-state index contributed by atoms with van der Waals surface area (Å²) in [5, 5.41) is 0.888. The van der Waals surface area contributed by atoms with E-state index in [1.54, 1.807) is 0 Å². The summed E-state index contributed by atoms with van der Waals surface area (Å²) >= 11 is 7.62. The molecule has 0 aromatic heterocycles. The summed E-state index contributed by atoms with van der Waals surface area (Å²) < 4.78 is 0. The van der Waals surface area contributed by atoms with E-state index < -0.39 is 0 Å². The minimum absolute atomic E-state index is 0.888. The molecular formula is C12H21ClS. The largest absolute Gasteiger partial charge is 0.134 e. The first kappa shape index (κ1) is 14.1. The number of allylic oxidation sites excluding steroid dienone is 4. The van der Waals surface area contributed by atoms with Gasteiger partial charge in [-0.2, -0.15) is 0 Å². The van der Waals surface area contributed by atoms with E-state index in [-0.39, 0.29) is 0 Å². The summed E-state index contributed by atoms with van der Waals surface area (Å²) in [5.74, 6) is 0. The second-order valence-electron chi connectivity index (χ2n) is 3.37. The van der Waals surface area contributed by atoms with Gasteiger partial charge in [0.2, 0.25) is 0 Å². The summed E-state index contributed by atoms with van der Waals surface area (Å²) in [7, 11) is 0. The average Bonchev–Trinajstić information content (AvgIpc) is 2.16. The van der Waals surface area contributed by atoms with Gasteiger partial charge >= 0.3 is 0 Å². The van der Waals surface area contributed by atoms with Gasteiger partial charge < -0.3 is 0 Å². The molecule has 0 radical (unpaired) electrons. The van der Waals surface area contributed by atoms with Gasteiger partial charge in [-0.15, -0.1) is 11.8 Å². The van der Waals surface area contributed by atoms with Crippen LogP contribution < -0.4 is 0 Å². The van der Waals surface area contributed by atoms with E-state index in [2.05, 4.69) is 25.3 Å². The number of rotatable bonds is 7. The van der Waals surface area contributed by atoms with Gasteiger partial charge in [0.15, 0.2) is 0 Å². The summed E-state index contributed by atoms with van der Waals surface area (Å²) in [4.78, 5) is 1.43. The van der Waals surface area contributed by atoms with E-state index in [9.17, 15) is 0 Å². The highest BCUT2D eigenvalue weighted by Gasteiger charge is 1.93. The fourth-order valence-corrected chi connectivity index (χ4v) is 1.76. The number of hydrogen-bond donors (Lipinski definition) is 0. The highest BCUT2D eigenvalue weighted by molar-refractivity contribution is 8.02. The van der Waals surface area contributed by atoms with Crippen molar-refractivity contribution in [3.05, 3.63) is 22.1 Å². The molecule has 0 aliphatic carbocycles. The van der Waals surface area contributed by atoms with Crippen LogP contribution in [0.4, 0.5) is 0 Å². The molecule has 0 unspecified atom stereocenters. The number of hydrogen-bond acceptors (Lipinski definition) is 1. The lowest BCUT2D eigenvalue weighted by atomic mass is 10.2. The van der Waals surface area contributed by atoms with Crippen LogP contribution >= 0.6 is 23.4 Å². The maximum Gasteiger partial charge on any atom is 0.0113 e. The lowest BCUT2D eigenvalue weighted by Gasteiger charge is -2.00. The van der Waals surface area contributed by atoms with E-state index >= 15 is 0 Å². The van der Waals surface area contributed by atoms with Crippen LogP contribution in [0.25, 0.3) is 0 Å². The lowest BCUT2D eigenvalue weighted by molar-refractivity contribution is 0.728. The van der Waals surface area contributed by atoms with Crippen molar-refractivity contribution in [1.29, 1.82) is 0 Å². The maximum absolute atomic E-state index is 5.79. The fraction of sp³-hybridized carbons (Fsp3) is 0.667. The van der Waals surface area contributed by atoms with Gasteiger partial charge in [0, 0.05) is 5.03 Å². The predicted molar refractivity (Wildman–Crippen MR) is 70.0 cm³/mol. The van der Waals surface area contributed by atoms with Crippen molar-refractivity contribution in [2.75, 3.05) is 6.26 Å². The van der Waals surface area contributed by atoms with Gasteiger partial charge in [-0.3, -0.25) is 0 Å². The summed E-state index contributed by atoms with van der Waals surface area (Å²) in [5.41, 5.74) is 0. The topological polar surface area (TPSA) is 0 Å². The van der Waals surface area contributed by atoms with Crippen LogP contribution in [0.15, 0.2) is 22.1 Å². The van der Waals surface area contributed by atoms with Crippen molar-refractivity contribution in [3.63, 3.8) is 0 Å². The Morgan fingerprint density at radius 3 is 2.50 bits per heavy atom. The lowest BCUT2D eigenvalue weighted by Crippen LogP contribution is -1.77. The van der Waals surface area contributed by atoms with Gasteiger partial charge in [-0.05, 0) is 37.3 Å². The quantitative estimate of drug-likeness (QED) is 0.534. The first-order valence-corrected chi connectivity index (χ1v) is 6.86. The average molecular weight is 233 g/mol. The molecule has 0 rings (SSSR count). The molecule has 0 spiro atoms. The van der Waals surface area contributed by atoms with Crippen LogP contribution in [0.3, 0.4) is 0 Å². The molecule has 0 amide bonds. The van der Waals surface area contributed by atoms with Crippen molar-refractivity contribution < 1.29 is 0 Å². The molecule has 0 heterocycles. The molecule has 0 fully saturated rings. The van der Waals surface area contributed by atoms with Crippen molar-refractivity contribution >= 4 is 23.4 Å². The van der Waals surface area contributed by atoms with Crippen LogP contribution in [0.1, 0.15) is 46.0 Å². The Morgan fingerprint density at radius 1 is 1.29 bits per heavy atom. The standard InChI is InChI=1S/C12H21ClS/c1-4-5-6-7-8-12(14-3)10-9-11(2)13/h8-9H,4-7,10H2,1-3H3/b11-9-,12-8-. The third kappa shape index (κ3) is 8.71. The summed E-state index contributed by atoms with van der Waals surface area (Å²) in [6.07, 6.45) is 12.7. The molecule has 0 aliphatic heterocycles. The third-order valence-electron chi connectivity index (χ3n) is 2.03. The molecule has 0 atom stereocenters. The minimum Gasteiger partial charge on any atom is -0.134 e. The first-order chi connectivity index (χ1) is 6.70. The van der Waals surface area contributed by atoms with Gasteiger partial charge in [0.05, 0.1) is 0 Å². The maximum atomic E-state index is 5.79. The van der Waals surface area contributed by atoms with E-state index in [0.29, 0.717) is 0 Å². The molecule has 0 saturated carbocycles. The van der Waals surface area contributed by atoms with E-state index in [1.807, 2.05) is 18.7 Å². The van der Waals surface area contributed by atoms with Crippen molar-refractivity contribution in [2.45, 2.75) is 46.0 Å². The van der Waals surface area contributed by atoms with Crippen LogP contribution in [0.5, 0.6) is 0 Å². The first-order valence-electron chi connectivity index (χ1n) is 5.26. The van der Waals surface area contributed by atoms with Crippen LogP contribution in [0.2, 0.25) is 0 Å². The Kier molecular flexibility index (Phi) is 9.75. The predicted octanol–water partition coefficient (Wildman–Crippen LogP) is 5.35. The Bertz CT molecular complexity index is 190. The smallest absolute Gasteiger partial charge is 0.0113 e. The molecule has 0 nitrogen and oxygen atoms in total. The van der Waals surface area contributed by atoms with Crippen LogP contribution in [-0.2, 0) is 0 Å². The fourth-order valence-electron chi connectivity index (χ4n) is 1.15. The zero-order valence-corrected chi connectivity index (χ0v) is 11.0. The van der Waals surface area contributed by atoms with Gasteiger partial charge in [-0.25, -0.2) is 0 Å². The minimum atomic E-state index is 0.888. The summed E-state index contributed by atoms with van der Waals surface area (Å²) in [6.45, 7) is 4.16. The van der Waals surface area contributed by atoms with E-state index in [4.69, 9.17) is 11.6 Å².